The van der Waals surface area contributed by atoms with Gasteiger partial charge < -0.3 is 10.2 Å². The van der Waals surface area contributed by atoms with E-state index in [9.17, 15) is 13.2 Å². The molecule has 0 fully saturated rings. The molecule has 0 aliphatic carbocycles. The van der Waals surface area contributed by atoms with Crippen LogP contribution in [-0.2, 0) is 6.54 Å². The topological polar surface area (TPSA) is 33.6 Å². The molecule has 0 unspecified atom stereocenters. The third-order valence-electron chi connectivity index (χ3n) is 1.58. The van der Waals surface area contributed by atoms with Crippen LogP contribution in [0.25, 0.3) is 0 Å². The normalized spacial score (nSPS) is 10.9. The van der Waals surface area contributed by atoms with Crippen molar-refractivity contribution in [2.75, 3.05) is 0 Å². The zero-order valence-corrected chi connectivity index (χ0v) is 7.71. The summed E-state index contributed by atoms with van der Waals surface area (Å²) in [5, 5.41) is 3.33. The number of hydrazone groups is 1. The van der Waals surface area contributed by atoms with Crippen LogP contribution in [0.15, 0.2) is 29.4 Å². The summed E-state index contributed by atoms with van der Waals surface area (Å²) in [6, 6.07) is 5.84. The maximum atomic E-state index is 12.0. The number of ether oxygens (including phenoxy) is 1. The molecule has 0 saturated carbocycles. The van der Waals surface area contributed by atoms with Gasteiger partial charge in [-0.3, -0.25) is 0 Å². The second kappa shape index (κ2) is 4.68. The van der Waals surface area contributed by atoms with Gasteiger partial charge in [-0.1, -0.05) is 18.2 Å². The maximum absolute atomic E-state index is 12.0. The average Bonchev–Trinajstić information content (AvgIpc) is 2.14. The van der Waals surface area contributed by atoms with Crippen LogP contribution in [0, 0.1) is 0 Å². The molecule has 0 aliphatic heterocycles. The number of halogens is 3. The number of hydrogen-bond donors (Lipinski definition) is 1. The molecular weight excluding hydrogens is 209 g/mol. The van der Waals surface area contributed by atoms with Crippen molar-refractivity contribution in [2.24, 2.45) is 5.10 Å². The summed E-state index contributed by atoms with van der Waals surface area (Å²) in [5.74, 6) is -0.235. The highest BCUT2D eigenvalue weighted by Crippen LogP contribution is 2.25. The summed E-state index contributed by atoms with van der Waals surface area (Å²) in [4.78, 5) is 0. The van der Waals surface area contributed by atoms with Gasteiger partial charge in [0.25, 0.3) is 0 Å². The summed E-state index contributed by atoms with van der Waals surface area (Å²) in [6.07, 6.45) is -4.68. The summed E-state index contributed by atoms with van der Waals surface area (Å²) >= 11 is 0. The van der Waals surface area contributed by atoms with E-state index in [-0.39, 0.29) is 12.3 Å². The first-order chi connectivity index (χ1) is 7.03. The second-order valence-corrected chi connectivity index (χ2v) is 2.65. The van der Waals surface area contributed by atoms with E-state index in [1.54, 1.807) is 6.07 Å². The van der Waals surface area contributed by atoms with Crippen LogP contribution in [0.4, 0.5) is 13.2 Å². The summed E-state index contributed by atoms with van der Waals surface area (Å²) in [5.41, 5.74) is 2.82. The molecule has 82 valence electrons. The lowest BCUT2D eigenvalue weighted by Gasteiger charge is -2.12. The van der Waals surface area contributed by atoms with Gasteiger partial charge in [0.05, 0.1) is 6.54 Å². The lowest BCUT2D eigenvalue weighted by Crippen LogP contribution is -2.19. The quantitative estimate of drug-likeness (QED) is 0.621. The van der Waals surface area contributed by atoms with Crippen LogP contribution in [0.1, 0.15) is 5.56 Å². The Balaban J connectivity index is 2.81. The minimum Gasteiger partial charge on any atom is -0.405 e. The number of nitrogens with one attached hydrogen (secondary N) is 1. The van der Waals surface area contributed by atoms with Crippen LogP contribution in [0.5, 0.6) is 5.75 Å². The van der Waals surface area contributed by atoms with E-state index in [1.165, 1.54) is 18.2 Å². The van der Waals surface area contributed by atoms with Gasteiger partial charge in [-0.05, 0) is 6.07 Å². The van der Waals surface area contributed by atoms with Crippen molar-refractivity contribution in [1.82, 2.24) is 5.43 Å². The number of alkyl halides is 3. The maximum Gasteiger partial charge on any atom is 0.573 e. The van der Waals surface area contributed by atoms with Crippen molar-refractivity contribution in [3.05, 3.63) is 29.8 Å². The molecule has 3 nitrogen and oxygen atoms in total. The van der Waals surface area contributed by atoms with E-state index in [4.69, 9.17) is 0 Å². The Morgan fingerprint density at radius 1 is 1.33 bits per heavy atom. The molecule has 1 N–H and O–H groups in total. The van der Waals surface area contributed by atoms with Crippen LogP contribution in [-0.4, -0.2) is 13.1 Å². The summed E-state index contributed by atoms with van der Waals surface area (Å²) in [7, 11) is 0. The number of rotatable bonds is 4. The molecule has 0 aliphatic rings. The molecule has 1 aromatic carbocycles. The van der Waals surface area contributed by atoms with E-state index in [1.807, 2.05) is 0 Å². The van der Waals surface area contributed by atoms with Crippen molar-refractivity contribution in [1.29, 1.82) is 0 Å². The fourth-order valence-corrected chi connectivity index (χ4v) is 1.02. The first-order valence-electron chi connectivity index (χ1n) is 4.05. The minimum absolute atomic E-state index is 0.135. The van der Waals surface area contributed by atoms with Gasteiger partial charge >= 0.3 is 6.36 Å². The van der Waals surface area contributed by atoms with Crippen molar-refractivity contribution in [2.45, 2.75) is 12.9 Å². The van der Waals surface area contributed by atoms with E-state index in [0.717, 1.165) is 0 Å². The van der Waals surface area contributed by atoms with Gasteiger partial charge in [-0.2, -0.15) is 5.10 Å². The molecule has 0 radical (unpaired) electrons. The van der Waals surface area contributed by atoms with E-state index < -0.39 is 6.36 Å². The Bertz CT molecular complexity index is 338. The standard InChI is InChI=1S/C9H9F3N2O/c1-13-14-6-7-4-2-3-5-8(7)15-9(10,11)12/h2-5,14H,1,6H2. The second-order valence-electron chi connectivity index (χ2n) is 2.65. The first-order valence-corrected chi connectivity index (χ1v) is 4.05. The largest absolute Gasteiger partial charge is 0.573 e. The first kappa shape index (κ1) is 11.4. The van der Waals surface area contributed by atoms with Gasteiger partial charge in [-0.25, -0.2) is 0 Å². The summed E-state index contributed by atoms with van der Waals surface area (Å²) in [6.45, 7) is 3.29. The van der Waals surface area contributed by atoms with Crippen LogP contribution >= 0.6 is 0 Å². The molecule has 15 heavy (non-hydrogen) atoms. The van der Waals surface area contributed by atoms with E-state index >= 15 is 0 Å². The predicted octanol–water partition coefficient (Wildman–Crippen LogP) is 2.29. The third kappa shape index (κ3) is 3.88. The summed E-state index contributed by atoms with van der Waals surface area (Å²) < 4.78 is 39.7. The number of hydrogen-bond acceptors (Lipinski definition) is 3. The van der Waals surface area contributed by atoms with Gasteiger partial charge in [0.2, 0.25) is 0 Å². The lowest BCUT2D eigenvalue weighted by molar-refractivity contribution is -0.274. The molecule has 0 amide bonds. The smallest absolute Gasteiger partial charge is 0.405 e. The zero-order valence-electron chi connectivity index (χ0n) is 7.71. The molecule has 0 aromatic heterocycles. The van der Waals surface area contributed by atoms with Crippen molar-refractivity contribution in [3.8, 4) is 5.75 Å². The molecule has 6 heteroatoms. The SMILES string of the molecule is C=NNCc1ccccc1OC(F)(F)F. The number of para-hydroxylation sites is 1. The Hall–Kier alpha value is -1.72. The highest BCUT2D eigenvalue weighted by Gasteiger charge is 2.31. The van der Waals surface area contributed by atoms with Crippen molar-refractivity contribution in [3.63, 3.8) is 0 Å². The fourth-order valence-electron chi connectivity index (χ4n) is 1.02. The average molecular weight is 218 g/mol. The Morgan fingerprint density at radius 3 is 2.60 bits per heavy atom. The van der Waals surface area contributed by atoms with Gasteiger partial charge in [-0.15, -0.1) is 13.2 Å². The van der Waals surface area contributed by atoms with Gasteiger partial charge in [0.15, 0.2) is 0 Å². The Labute approximate surface area is 84.6 Å². The van der Waals surface area contributed by atoms with Crippen molar-refractivity contribution >= 4 is 6.72 Å². The number of benzene rings is 1. The van der Waals surface area contributed by atoms with Gasteiger partial charge in [0.1, 0.15) is 5.75 Å². The van der Waals surface area contributed by atoms with E-state index in [0.29, 0.717) is 5.56 Å². The highest BCUT2D eigenvalue weighted by atomic mass is 19.4. The lowest BCUT2D eigenvalue weighted by atomic mass is 10.2. The monoisotopic (exact) mass is 218 g/mol. The molecule has 0 bridgehead atoms. The molecule has 0 spiro atoms. The molecule has 0 atom stereocenters. The minimum atomic E-state index is -4.68. The van der Waals surface area contributed by atoms with Crippen LogP contribution in [0.3, 0.4) is 0 Å². The molecule has 0 heterocycles. The third-order valence-corrected chi connectivity index (χ3v) is 1.58. The zero-order chi connectivity index (χ0) is 11.3. The van der Waals surface area contributed by atoms with E-state index in [2.05, 4.69) is 22.0 Å². The number of nitrogens with zero attached hydrogens (tertiary/aromatic N) is 1. The molecular formula is C9H9F3N2O. The van der Waals surface area contributed by atoms with Crippen molar-refractivity contribution < 1.29 is 17.9 Å². The van der Waals surface area contributed by atoms with Crippen LogP contribution < -0.4 is 10.2 Å². The van der Waals surface area contributed by atoms with Gasteiger partial charge in [0, 0.05) is 12.3 Å². The molecule has 1 rings (SSSR count). The predicted molar refractivity (Wildman–Crippen MR) is 49.5 cm³/mol. The Morgan fingerprint density at radius 2 is 2.00 bits per heavy atom. The highest BCUT2D eigenvalue weighted by molar-refractivity contribution is 5.33. The van der Waals surface area contributed by atoms with Crippen LogP contribution in [0.2, 0.25) is 0 Å². The fraction of sp³-hybridized carbons (Fsp3) is 0.222. The Kier molecular flexibility index (Phi) is 3.54. The molecule has 0 saturated heterocycles. The molecule has 1 aromatic rings.